The molecule has 0 bridgehead atoms. The zero-order valence-corrected chi connectivity index (χ0v) is 12.4. The number of rotatable bonds is 6. The maximum atomic E-state index is 11.4. The fourth-order valence-electron chi connectivity index (χ4n) is 2.68. The second-order valence-corrected chi connectivity index (χ2v) is 6.52. The Labute approximate surface area is 127 Å². The van der Waals surface area contributed by atoms with E-state index in [1.807, 2.05) is 13.8 Å². The summed E-state index contributed by atoms with van der Waals surface area (Å²) in [6, 6.07) is 2.53. The lowest BCUT2D eigenvalue weighted by atomic mass is 9.85. The van der Waals surface area contributed by atoms with Gasteiger partial charge in [-0.3, -0.25) is 0 Å². The normalized spacial score (nSPS) is 29.2. The fraction of sp³-hybridized carbons (Fsp3) is 0.500. The van der Waals surface area contributed by atoms with Gasteiger partial charge in [0.15, 0.2) is 0 Å². The summed E-state index contributed by atoms with van der Waals surface area (Å²) in [6.45, 7) is 4.75. The third-order valence-electron chi connectivity index (χ3n) is 4.25. The molecule has 118 valence electrons. The molecule has 1 aromatic carbocycles. The Morgan fingerprint density at radius 2 is 1.27 bits per heavy atom. The second-order valence-electron chi connectivity index (χ2n) is 6.52. The van der Waals surface area contributed by atoms with Crippen LogP contribution in [0.5, 0.6) is 0 Å². The summed E-state index contributed by atoms with van der Waals surface area (Å²) < 4.78 is 10.7. The van der Waals surface area contributed by atoms with E-state index in [0.29, 0.717) is 37.2 Å². The molecule has 0 spiro atoms. The highest BCUT2D eigenvalue weighted by molar-refractivity contribution is 5.93. The van der Waals surface area contributed by atoms with E-state index < -0.39 is 23.1 Å². The number of epoxide rings is 2. The van der Waals surface area contributed by atoms with E-state index in [1.54, 1.807) is 0 Å². The number of carboxylic acids is 2. The molecule has 2 aliphatic heterocycles. The molecule has 1 aromatic rings. The number of ether oxygens (including phenoxy) is 2. The first-order chi connectivity index (χ1) is 10.2. The van der Waals surface area contributed by atoms with Crippen LogP contribution in [-0.2, 0) is 22.3 Å². The van der Waals surface area contributed by atoms with Crippen LogP contribution in [-0.4, -0.2) is 36.4 Å². The third kappa shape index (κ3) is 2.84. The largest absolute Gasteiger partial charge is 0.545 e. The molecule has 6 heteroatoms. The Hall–Kier alpha value is -1.92. The summed E-state index contributed by atoms with van der Waals surface area (Å²) in [5, 5.41) is 22.8. The van der Waals surface area contributed by atoms with Gasteiger partial charge in [0, 0.05) is 24.0 Å². The van der Waals surface area contributed by atoms with Crippen molar-refractivity contribution < 1.29 is 29.3 Å². The van der Waals surface area contributed by atoms with Gasteiger partial charge in [0.1, 0.15) is 0 Å². The van der Waals surface area contributed by atoms with Gasteiger partial charge < -0.3 is 29.3 Å². The van der Waals surface area contributed by atoms with Gasteiger partial charge in [-0.15, -0.1) is 0 Å². The van der Waals surface area contributed by atoms with Crippen LogP contribution in [0.2, 0.25) is 0 Å². The molecule has 2 heterocycles. The first-order valence-electron chi connectivity index (χ1n) is 7.08. The Morgan fingerprint density at radius 3 is 1.50 bits per heavy atom. The molecule has 2 aliphatic rings. The standard InChI is InChI=1S/C16H18O6/c1-15(7-21-15)5-11-9(13(17)18)3-4-10(14(19)20)12(11)6-16(2)8-22-16/h3-4H,5-8H2,1-2H3,(H,17,18)(H,19,20)/p-2. The molecule has 2 unspecified atom stereocenters. The van der Waals surface area contributed by atoms with Crippen LogP contribution in [0.3, 0.4) is 0 Å². The van der Waals surface area contributed by atoms with Gasteiger partial charge in [0.05, 0.1) is 36.4 Å². The van der Waals surface area contributed by atoms with Crippen molar-refractivity contribution >= 4 is 11.9 Å². The molecule has 0 saturated carbocycles. The Kier molecular flexibility index (Phi) is 3.27. The molecule has 6 nitrogen and oxygen atoms in total. The smallest absolute Gasteiger partial charge is 0.0929 e. The number of hydrogen-bond acceptors (Lipinski definition) is 6. The average Bonchev–Trinajstić information content (AvgIpc) is 3.32. The fourth-order valence-corrected chi connectivity index (χ4v) is 2.68. The summed E-state index contributed by atoms with van der Waals surface area (Å²) >= 11 is 0. The lowest BCUT2D eigenvalue weighted by molar-refractivity contribution is -0.256. The zero-order valence-electron chi connectivity index (χ0n) is 12.4. The summed E-state index contributed by atoms with van der Waals surface area (Å²) in [4.78, 5) is 22.8. The van der Waals surface area contributed by atoms with E-state index in [2.05, 4.69) is 0 Å². The van der Waals surface area contributed by atoms with E-state index in [1.165, 1.54) is 12.1 Å². The van der Waals surface area contributed by atoms with Crippen molar-refractivity contribution in [3.05, 3.63) is 34.4 Å². The van der Waals surface area contributed by atoms with Gasteiger partial charge >= 0.3 is 0 Å². The maximum Gasteiger partial charge on any atom is 0.0929 e. The third-order valence-corrected chi connectivity index (χ3v) is 4.25. The average molecular weight is 304 g/mol. The summed E-state index contributed by atoms with van der Waals surface area (Å²) in [7, 11) is 0. The molecule has 2 fully saturated rings. The van der Waals surface area contributed by atoms with E-state index in [9.17, 15) is 19.8 Å². The predicted octanol–water partition coefficient (Wildman–Crippen LogP) is -0.924. The number of hydrogen-bond donors (Lipinski definition) is 0. The molecule has 3 rings (SSSR count). The van der Waals surface area contributed by atoms with Crippen molar-refractivity contribution in [1.29, 1.82) is 0 Å². The number of carbonyl (C=O) groups is 2. The lowest BCUT2D eigenvalue weighted by Crippen LogP contribution is -2.30. The van der Waals surface area contributed by atoms with Gasteiger partial charge in [-0.25, -0.2) is 0 Å². The highest BCUT2D eigenvalue weighted by Crippen LogP contribution is 2.37. The van der Waals surface area contributed by atoms with Crippen molar-refractivity contribution in [3.63, 3.8) is 0 Å². The summed E-state index contributed by atoms with van der Waals surface area (Å²) in [5.41, 5.74) is -0.0114. The first-order valence-corrected chi connectivity index (χ1v) is 7.08. The molecule has 2 saturated heterocycles. The first kappa shape index (κ1) is 15.0. The number of aromatic carboxylic acids is 2. The Morgan fingerprint density at radius 1 is 0.955 bits per heavy atom. The second kappa shape index (κ2) is 4.79. The molecule has 0 radical (unpaired) electrons. The van der Waals surface area contributed by atoms with Crippen molar-refractivity contribution in [1.82, 2.24) is 0 Å². The molecule has 0 N–H and O–H groups in total. The minimum absolute atomic E-state index is 0.000903. The van der Waals surface area contributed by atoms with Crippen LogP contribution < -0.4 is 10.2 Å². The summed E-state index contributed by atoms with van der Waals surface area (Å²) in [5.74, 6) is -2.65. The molecular formula is C16H16O6-2. The van der Waals surface area contributed by atoms with E-state index in [0.717, 1.165) is 0 Å². The van der Waals surface area contributed by atoms with Crippen LogP contribution >= 0.6 is 0 Å². The maximum absolute atomic E-state index is 11.4. The molecule has 0 aliphatic carbocycles. The highest BCUT2D eigenvalue weighted by atomic mass is 16.6. The molecule has 22 heavy (non-hydrogen) atoms. The van der Waals surface area contributed by atoms with Crippen LogP contribution in [0.15, 0.2) is 12.1 Å². The van der Waals surface area contributed by atoms with E-state index in [-0.39, 0.29) is 11.1 Å². The summed E-state index contributed by atoms with van der Waals surface area (Å²) in [6.07, 6.45) is 0.645. The van der Waals surface area contributed by atoms with Gasteiger partial charge in [0.2, 0.25) is 0 Å². The topological polar surface area (TPSA) is 105 Å². The quantitative estimate of drug-likeness (QED) is 0.629. The number of carbonyl (C=O) groups excluding carboxylic acids is 2. The molecular weight excluding hydrogens is 288 g/mol. The molecule has 2 atom stereocenters. The molecule has 0 aromatic heterocycles. The van der Waals surface area contributed by atoms with E-state index in [4.69, 9.17) is 9.47 Å². The minimum atomic E-state index is -1.33. The molecule has 0 amide bonds. The van der Waals surface area contributed by atoms with Crippen LogP contribution in [0.25, 0.3) is 0 Å². The number of carboxylic acid groups (broad SMARTS) is 2. The van der Waals surface area contributed by atoms with Gasteiger partial charge in [0.25, 0.3) is 0 Å². The van der Waals surface area contributed by atoms with Crippen molar-refractivity contribution in [3.8, 4) is 0 Å². The van der Waals surface area contributed by atoms with Gasteiger partial charge in [-0.2, -0.15) is 0 Å². The predicted molar refractivity (Wildman–Crippen MR) is 71.2 cm³/mol. The van der Waals surface area contributed by atoms with Crippen LogP contribution in [0.4, 0.5) is 0 Å². The Bertz CT molecular complexity index is 598. The van der Waals surface area contributed by atoms with Crippen LogP contribution in [0, 0.1) is 0 Å². The number of benzene rings is 1. The van der Waals surface area contributed by atoms with Crippen molar-refractivity contribution in [2.45, 2.75) is 37.9 Å². The SMILES string of the molecule is CC1(Cc2c(C(=O)[O-])ccc(C(=O)[O-])c2CC2(C)CO2)CO1. The van der Waals surface area contributed by atoms with Gasteiger partial charge in [-0.05, 0) is 25.0 Å². The van der Waals surface area contributed by atoms with Crippen LogP contribution in [0.1, 0.15) is 45.7 Å². The van der Waals surface area contributed by atoms with Crippen molar-refractivity contribution in [2.75, 3.05) is 13.2 Å². The van der Waals surface area contributed by atoms with Gasteiger partial charge in [-0.1, -0.05) is 12.1 Å². The lowest BCUT2D eigenvalue weighted by Gasteiger charge is -2.22. The Balaban J connectivity index is 2.12. The minimum Gasteiger partial charge on any atom is -0.545 e. The van der Waals surface area contributed by atoms with Crippen molar-refractivity contribution in [2.24, 2.45) is 0 Å². The van der Waals surface area contributed by atoms with E-state index >= 15 is 0 Å². The monoisotopic (exact) mass is 304 g/mol. The zero-order chi connectivity index (χ0) is 16.1. The highest BCUT2D eigenvalue weighted by Gasteiger charge is 2.43.